The van der Waals surface area contributed by atoms with Crippen LogP contribution in [0.5, 0.6) is 11.5 Å². The molecule has 2 atom stereocenters. The van der Waals surface area contributed by atoms with Gasteiger partial charge in [-0.3, -0.25) is 4.79 Å². The number of piperidine rings is 1. The highest BCUT2D eigenvalue weighted by Gasteiger charge is 2.32. The standard InChI is InChI=1S/C20H25NO3/c22-20(21-10-9-16-3-1-2-4-17(16)14-21)8-6-15-5-7-18-19(13-15)24-12-11-23-18/h5-8,13,16-17H,1-4,9-12,14H2/b8-6+/t16-,17+/m1/s1. The fourth-order valence-corrected chi connectivity index (χ4v) is 4.24. The largest absolute Gasteiger partial charge is 0.486 e. The SMILES string of the molecule is O=C(/C=C/c1ccc2c(c1)OCCO2)N1CC[C@H]2CCCC[C@H]2C1. The van der Waals surface area contributed by atoms with Gasteiger partial charge in [-0.1, -0.05) is 25.3 Å². The van der Waals surface area contributed by atoms with E-state index in [1.54, 1.807) is 6.08 Å². The first-order chi connectivity index (χ1) is 11.8. The van der Waals surface area contributed by atoms with E-state index in [9.17, 15) is 4.79 Å². The minimum Gasteiger partial charge on any atom is -0.486 e. The molecule has 0 radical (unpaired) electrons. The van der Waals surface area contributed by atoms with E-state index in [0.29, 0.717) is 13.2 Å². The molecule has 2 heterocycles. The van der Waals surface area contributed by atoms with E-state index in [2.05, 4.69) is 0 Å². The number of nitrogens with zero attached hydrogens (tertiary/aromatic N) is 1. The first-order valence-electron chi connectivity index (χ1n) is 9.16. The maximum atomic E-state index is 12.5. The molecule has 2 aliphatic heterocycles. The molecule has 4 rings (SSSR count). The fraction of sp³-hybridized carbons (Fsp3) is 0.550. The predicted molar refractivity (Wildman–Crippen MR) is 93.1 cm³/mol. The van der Waals surface area contributed by atoms with Gasteiger partial charge in [0.25, 0.3) is 0 Å². The number of ether oxygens (including phenoxy) is 2. The van der Waals surface area contributed by atoms with Crippen molar-refractivity contribution in [3.63, 3.8) is 0 Å². The molecule has 0 aromatic heterocycles. The Labute approximate surface area is 143 Å². The number of benzene rings is 1. The third kappa shape index (κ3) is 3.28. The maximum absolute atomic E-state index is 12.5. The summed E-state index contributed by atoms with van der Waals surface area (Å²) in [5.74, 6) is 3.25. The van der Waals surface area contributed by atoms with Gasteiger partial charge in [0.2, 0.25) is 5.91 Å². The minimum atomic E-state index is 0.133. The highest BCUT2D eigenvalue weighted by molar-refractivity contribution is 5.92. The molecule has 4 nitrogen and oxygen atoms in total. The molecule has 0 spiro atoms. The van der Waals surface area contributed by atoms with Crippen LogP contribution < -0.4 is 9.47 Å². The monoisotopic (exact) mass is 327 g/mol. The fourth-order valence-electron chi connectivity index (χ4n) is 4.24. The summed E-state index contributed by atoms with van der Waals surface area (Å²) >= 11 is 0. The van der Waals surface area contributed by atoms with Crippen molar-refractivity contribution in [1.29, 1.82) is 0 Å². The molecular formula is C20H25NO3. The lowest BCUT2D eigenvalue weighted by Crippen LogP contribution is -2.44. The van der Waals surface area contributed by atoms with Gasteiger partial charge >= 0.3 is 0 Å². The first kappa shape index (κ1) is 15.6. The highest BCUT2D eigenvalue weighted by atomic mass is 16.6. The lowest BCUT2D eigenvalue weighted by Gasteiger charge is -2.41. The Bertz CT molecular complexity index is 640. The van der Waals surface area contributed by atoms with Crippen LogP contribution >= 0.6 is 0 Å². The van der Waals surface area contributed by atoms with Crippen LogP contribution in [0, 0.1) is 11.8 Å². The number of carbonyl (C=O) groups is 1. The number of likely N-dealkylation sites (tertiary alicyclic amines) is 1. The van der Waals surface area contributed by atoms with Gasteiger partial charge in [0.05, 0.1) is 0 Å². The zero-order chi connectivity index (χ0) is 16.4. The number of fused-ring (bicyclic) bond motifs is 2. The number of amides is 1. The third-order valence-corrected chi connectivity index (χ3v) is 5.59. The zero-order valence-corrected chi connectivity index (χ0v) is 14.1. The number of hydrogen-bond donors (Lipinski definition) is 0. The second-order valence-electron chi connectivity index (χ2n) is 7.11. The Morgan fingerprint density at radius 1 is 1.04 bits per heavy atom. The molecular weight excluding hydrogens is 302 g/mol. The van der Waals surface area contributed by atoms with E-state index in [1.165, 1.54) is 32.1 Å². The number of carbonyl (C=O) groups excluding carboxylic acids is 1. The average molecular weight is 327 g/mol. The molecule has 1 amide bonds. The van der Waals surface area contributed by atoms with Crippen molar-refractivity contribution in [2.24, 2.45) is 11.8 Å². The minimum absolute atomic E-state index is 0.133. The molecule has 24 heavy (non-hydrogen) atoms. The van der Waals surface area contributed by atoms with Gasteiger partial charge in [0.15, 0.2) is 11.5 Å². The van der Waals surface area contributed by atoms with Crippen LogP contribution in [0.15, 0.2) is 24.3 Å². The van der Waals surface area contributed by atoms with Gasteiger partial charge < -0.3 is 14.4 Å². The van der Waals surface area contributed by atoms with E-state index in [4.69, 9.17) is 9.47 Å². The van der Waals surface area contributed by atoms with Crippen LogP contribution in [0.4, 0.5) is 0 Å². The molecule has 1 saturated carbocycles. The van der Waals surface area contributed by atoms with Crippen molar-refractivity contribution in [2.75, 3.05) is 26.3 Å². The maximum Gasteiger partial charge on any atom is 0.246 e. The van der Waals surface area contributed by atoms with Crippen molar-refractivity contribution >= 4 is 12.0 Å². The normalized spacial score (nSPS) is 26.2. The number of rotatable bonds is 2. The van der Waals surface area contributed by atoms with Gasteiger partial charge in [-0.25, -0.2) is 0 Å². The Hall–Kier alpha value is -1.97. The number of hydrogen-bond acceptors (Lipinski definition) is 3. The molecule has 3 aliphatic rings. The Kier molecular flexibility index (Phi) is 4.46. The van der Waals surface area contributed by atoms with Crippen molar-refractivity contribution in [3.8, 4) is 11.5 Å². The van der Waals surface area contributed by atoms with E-state index in [1.807, 2.05) is 29.2 Å². The summed E-state index contributed by atoms with van der Waals surface area (Å²) in [4.78, 5) is 14.5. The van der Waals surface area contributed by atoms with Crippen molar-refractivity contribution in [3.05, 3.63) is 29.8 Å². The van der Waals surface area contributed by atoms with E-state index in [0.717, 1.165) is 42.0 Å². The molecule has 2 fully saturated rings. The second kappa shape index (κ2) is 6.88. The topological polar surface area (TPSA) is 38.8 Å². The Balaban J connectivity index is 1.39. The van der Waals surface area contributed by atoms with Gasteiger partial charge in [0, 0.05) is 19.2 Å². The lowest BCUT2D eigenvalue weighted by molar-refractivity contribution is -0.128. The van der Waals surface area contributed by atoms with Crippen LogP contribution in [0.3, 0.4) is 0 Å². The zero-order valence-electron chi connectivity index (χ0n) is 14.1. The van der Waals surface area contributed by atoms with Crippen LogP contribution in [-0.2, 0) is 4.79 Å². The lowest BCUT2D eigenvalue weighted by atomic mass is 9.75. The van der Waals surface area contributed by atoms with Gasteiger partial charge in [-0.2, -0.15) is 0 Å². The summed E-state index contributed by atoms with van der Waals surface area (Å²) in [7, 11) is 0. The molecule has 0 unspecified atom stereocenters. The van der Waals surface area contributed by atoms with Crippen molar-refractivity contribution in [1.82, 2.24) is 4.90 Å². The van der Waals surface area contributed by atoms with E-state index in [-0.39, 0.29) is 5.91 Å². The van der Waals surface area contributed by atoms with Gasteiger partial charge in [0.1, 0.15) is 13.2 Å². The van der Waals surface area contributed by atoms with E-state index < -0.39 is 0 Å². The highest BCUT2D eigenvalue weighted by Crippen LogP contribution is 2.36. The van der Waals surface area contributed by atoms with Crippen LogP contribution in [0.25, 0.3) is 6.08 Å². The summed E-state index contributed by atoms with van der Waals surface area (Å²) in [5.41, 5.74) is 0.972. The molecule has 128 valence electrons. The Morgan fingerprint density at radius 2 is 1.83 bits per heavy atom. The quantitative estimate of drug-likeness (QED) is 0.780. The molecule has 4 heteroatoms. The summed E-state index contributed by atoms with van der Waals surface area (Å²) in [6.07, 6.45) is 10.1. The van der Waals surface area contributed by atoms with Crippen LogP contribution in [0.2, 0.25) is 0 Å². The molecule has 1 aromatic rings. The predicted octanol–water partition coefficient (Wildman–Crippen LogP) is 3.51. The molecule has 0 N–H and O–H groups in total. The third-order valence-electron chi connectivity index (χ3n) is 5.59. The van der Waals surface area contributed by atoms with Gasteiger partial charge in [-0.15, -0.1) is 0 Å². The second-order valence-corrected chi connectivity index (χ2v) is 7.11. The summed E-state index contributed by atoms with van der Waals surface area (Å²) < 4.78 is 11.1. The first-order valence-corrected chi connectivity index (χ1v) is 9.16. The molecule has 1 aliphatic carbocycles. The Morgan fingerprint density at radius 3 is 2.71 bits per heavy atom. The van der Waals surface area contributed by atoms with Crippen LogP contribution in [0.1, 0.15) is 37.7 Å². The van der Waals surface area contributed by atoms with Crippen molar-refractivity contribution < 1.29 is 14.3 Å². The average Bonchev–Trinajstić information content (AvgIpc) is 2.65. The summed E-state index contributed by atoms with van der Waals surface area (Å²) in [6, 6.07) is 5.81. The summed E-state index contributed by atoms with van der Waals surface area (Å²) in [6.45, 7) is 3.02. The van der Waals surface area contributed by atoms with Crippen LogP contribution in [-0.4, -0.2) is 37.1 Å². The van der Waals surface area contributed by atoms with Gasteiger partial charge in [-0.05, 0) is 48.4 Å². The van der Waals surface area contributed by atoms with E-state index >= 15 is 0 Å². The molecule has 0 bridgehead atoms. The summed E-state index contributed by atoms with van der Waals surface area (Å²) in [5, 5.41) is 0. The molecule has 1 saturated heterocycles. The molecule has 1 aromatic carbocycles. The van der Waals surface area contributed by atoms with Crippen molar-refractivity contribution in [2.45, 2.75) is 32.1 Å². The smallest absolute Gasteiger partial charge is 0.246 e.